The van der Waals surface area contributed by atoms with Crippen LogP contribution in [0.5, 0.6) is 11.5 Å². The van der Waals surface area contributed by atoms with E-state index >= 15 is 0 Å². The summed E-state index contributed by atoms with van der Waals surface area (Å²) in [5.74, 6) is 1.22. The van der Waals surface area contributed by atoms with Gasteiger partial charge in [0.2, 0.25) is 10.9 Å². The molecule has 0 unspecified atom stereocenters. The third-order valence-electron chi connectivity index (χ3n) is 3.63. The number of hydrogen-bond acceptors (Lipinski definition) is 6. The van der Waals surface area contributed by atoms with Crippen LogP contribution in [0, 0.1) is 0 Å². The van der Waals surface area contributed by atoms with Crippen molar-refractivity contribution in [2.45, 2.75) is 12.8 Å². The quantitative estimate of drug-likeness (QED) is 0.565. The van der Waals surface area contributed by atoms with E-state index < -0.39 is 0 Å². The highest BCUT2D eigenvalue weighted by Crippen LogP contribution is 2.29. The predicted molar refractivity (Wildman–Crippen MR) is 98.6 cm³/mol. The van der Waals surface area contributed by atoms with E-state index in [0.29, 0.717) is 30.0 Å². The molecule has 1 amide bonds. The maximum Gasteiger partial charge on any atom is 0.234 e. The van der Waals surface area contributed by atoms with E-state index in [0.717, 1.165) is 9.97 Å². The lowest BCUT2D eigenvalue weighted by Gasteiger charge is -2.12. The highest BCUT2D eigenvalue weighted by molar-refractivity contribution is 7.16. The number of fused-ring (bicyclic) bond motifs is 1. The van der Waals surface area contributed by atoms with E-state index in [9.17, 15) is 4.79 Å². The molecule has 7 nitrogen and oxygen atoms in total. The number of carbonyl (C=O) groups is 1. The minimum Gasteiger partial charge on any atom is -0.455 e. The number of benzene rings is 2. The van der Waals surface area contributed by atoms with Crippen LogP contribution in [0.3, 0.4) is 0 Å². The van der Waals surface area contributed by atoms with Crippen molar-refractivity contribution < 1.29 is 9.53 Å². The Morgan fingerprint density at radius 3 is 2.77 bits per heavy atom. The van der Waals surface area contributed by atoms with Crippen molar-refractivity contribution in [3.63, 3.8) is 0 Å². The topological polar surface area (TPSA) is 81.4 Å². The Labute approximate surface area is 153 Å². The molecule has 0 bridgehead atoms. The number of hydrogen-bond donors (Lipinski definition) is 1. The first-order chi connectivity index (χ1) is 12.8. The molecule has 0 spiro atoms. The fourth-order valence-electron chi connectivity index (χ4n) is 2.41. The molecule has 2 heterocycles. The molecule has 0 aliphatic heterocycles. The largest absolute Gasteiger partial charge is 0.455 e. The van der Waals surface area contributed by atoms with Gasteiger partial charge in [0.25, 0.3) is 0 Å². The molecule has 0 fully saturated rings. The molecule has 4 aromatic rings. The maximum absolute atomic E-state index is 12.3. The zero-order chi connectivity index (χ0) is 17.8. The Morgan fingerprint density at radius 2 is 1.92 bits per heavy atom. The lowest BCUT2D eigenvalue weighted by molar-refractivity contribution is -0.116. The molecule has 26 heavy (non-hydrogen) atoms. The standard InChI is InChI=1S/C18H15N5O2S/c24-16(10-11-17-22-23-12-19-21-18(23)26-17)20-14-8-4-5-9-15(14)25-13-6-2-1-3-7-13/h1-9,12H,10-11H2,(H,20,24). The van der Waals surface area contributed by atoms with Gasteiger partial charge in [-0.05, 0) is 24.3 Å². The van der Waals surface area contributed by atoms with Crippen LogP contribution in [0.4, 0.5) is 5.69 Å². The molecule has 8 heteroatoms. The summed E-state index contributed by atoms with van der Waals surface area (Å²) >= 11 is 1.43. The highest BCUT2D eigenvalue weighted by atomic mass is 32.1. The van der Waals surface area contributed by atoms with E-state index in [1.807, 2.05) is 54.6 Å². The molecule has 2 aromatic heterocycles. The summed E-state index contributed by atoms with van der Waals surface area (Å²) in [6.07, 6.45) is 2.41. The van der Waals surface area contributed by atoms with E-state index in [4.69, 9.17) is 4.74 Å². The third-order valence-corrected chi connectivity index (χ3v) is 4.60. The summed E-state index contributed by atoms with van der Waals surface area (Å²) in [6.45, 7) is 0. The van der Waals surface area contributed by atoms with Crippen molar-refractivity contribution in [2.24, 2.45) is 0 Å². The van der Waals surface area contributed by atoms with Gasteiger partial charge in [-0.25, -0.2) is 0 Å². The van der Waals surface area contributed by atoms with Crippen molar-refractivity contribution in [2.75, 3.05) is 5.32 Å². The number of aromatic nitrogens is 4. The first kappa shape index (κ1) is 16.2. The highest BCUT2D eigenvalue weighted by Gasteiger charge is 2.11. The number of anilines is 1. The smallest absolute Gasteiger partial charge is 0.234 e. The second kappa shape index (κ2) is 7.32. The van der Waals surface area contributed by atoms with Crippen LogP contribution >= 0.6 is 11.3 Å². The van der Waals surface area contributed by atoms with E-state index in [2.05, 4.69) is 20.6 Å². The molecule has 0 aliphatic carbocycles. The zero-order valence-corrected chi connectivity index (χ0v) is 14.5. The molecule has 1 N–H and O–H groups in total. The third kappa shape index (κ3) is 3.70. The van der Waals surface area contributed by atoms with E-state index in [-0.39, 0.29) is 5.91 Å². The Bertz CT molecular complexity index is 1000. The van der Waals surface area contributed by atoms with Gasteiger partial charge < -0.3 is 10.1 Å². The van der Waals surface area contributed by atoms with Gasteiger partial charge in [0.1, 0.15) is 17.1 Å². The van der Waals surface area contributed by atoms with Crippen molar-refractivity contribution in [3.05, 3.63) is 65.9 Å². The van der Waals surface area contributed by atoms with Gasteiger partial charge in [0, 0.05) is 12.8 Å². The van der Waals surface area contributed by atoms with Crippen LogP contribution in [-0.2, 0) is 11.2 Å². The first-order valence-electron chi connectivity index (χ1n) is 8.05. The summed E-state index contributed by atoms with van der Waals surface area (Å²) < 4.78 is 7.47. The maximum atomic E-state index is 12.3. The molecule has 0 saturated carbocycles. The monoisotopic (exact) mass is 365 g/mol. The number of carbonyl (C=O) groups excluding carboxylic acids is 1. The summed E-state index contributed by atoms with van der Waals surface area (Å²) in [6, 6.07) is 16.8. The second-order valence-corrected chi connectivity index (χ2v) is 6.55. The number of nitrogens with one attached hydrogen (secondary N) is 1. The van der Waals surface area contributed by atoms with Crippen LogP contribution in [0.1, 0.15) is 11.4 Å². The first-order valence-corrected chi connectivity index (χ1v) is 8.87. The molecule has 0 radical (unpaired) electrons. The summed E-state index contributed by atoms with van der Waals surface area (Å²) in [5, 5.41) is 15.8. The summed E-state index contributed by atoms with van der Waals surface area (Å²) in [4.78, 5) is 13.0. The van der Waals surface area contributed by atoms with Gasteiger partial charge in [-0.1, -0.05) is 41.7 Å². The lowest BCUT2D eigenvalue weighted by atomic mass is 10.2. The molecule has 4 rings (SSSR count). The van der Waals surface area contributed by atoms with Gasteiger partial charge in [0.15, 0.2) is 5.75 Å². The molecule has 0 atom stereocenters. The molecule has 130 valence electrons. The molecule has 2 aromatic carbocycles. The Hall–Kier alpha value is -3.26. The Morgan fingerprint density at radius 1 is 1.12 bits per heavy atom. The Balaban J connectivity index is 1.40. The minimum absolute atomic E-state index is 0.0972. The van der Waals surface area contributed by atoms with Crippen molar-refractivity contribution in [1.29, 1.82) is 0 Å². The number of amides is 1. The van der Waals surface area contributed by atoms with Crippen molar-refractivity contribution in [1.82, 2.24) is 19.8 Å². The zero-order valence-electron chi connectivity index (χ0n) is 13.7. The fourth-order valence-corrected chi connectivity index (χ4v) is 3.22. The van der Waals surface area contributed by atoms with Crippen molar-refractivity contribution in [3.8, 4) is 11.5 Å². The van der Waals surface area contributed by atoms with Gasteiger partial charge >= 0.3 is 0 Å². The van der Waals surface area contributed by atoms with Crippen LogP contribution in [0.15, 0.2) is 60.9 Å². The normalized spacial score (nSPS) is 10.8. The van der Waals surface area contributed by atoms with Crippen LogP contribution in [0.25, 0.3) is 4.96 Å². The number of ether oxygens (including phenoxy) is 1. The van der Waals surface area contributed by atoms with Gasteiger partial charge in [-0.2, -0.15) is 9.61 Å². The van der Waals surface area contributed by atoms with Gasteiger partial charge in [-0.15, -0.1) is 10.2 Å². The molecule has 0 saturated heterocycles. The number of aryl methyl sites for hydroxylation is 1. The average Bonchev–Trinajstić information content (AvgIpc) is 3.24. The molecular formula is C18H15N5O2S. The van der Waals surface area contributed by atoms with Crippen LogP contribution in [-0.4, -0.2) is 25.7 Å². The van der Waals surface area contributed by atoms with Crippen LogP contribution in [0.2, 0.25) is 0 Å². The molecule has 0 aliphatic rings. The fraction of sp³-hybridized carbons (Fsp3) is 0.111. The number of rotatable bonds is 6. The van der Waals surface area contributed by atoms with Gasteiger partial charge in [0.05, 0.1) is 5.69 Å². The Kier molecular flexibility index (Phi) is 4.57. The number of nitrogens with zero attached hydrogens (tertiary/aromatic N) is 4. The summed E-state index contributed by atoms with van der Waals surface area (Å²) in [7, 11) is 0. The van der Waals surface area contributed by atoms with Crippen molar-refractivity contribution >= 4 is 27.9 Å². The summed E-state index contributed by atoms with van der Waals surface area (Å²) in [5.41, 5.74) is 0.638. The molecular weight excluding hydrogens is 350 g/mol. The van der Waals surface area contributed by atoms with Gasteiger partial charge in [-0.3, -0.25) is 4.79 Å². The number of para-hydroxylation sites is 3. The SMILES string of the molecule is O=C(CCc1nn2cnnc2s1)Nc1ccccc1Oc1ccccc1. The average molecular weight is 365 g/mol. The van der Waals surface area contributed by atoms with E-state index in [1.165, 1.54) is 11.3 Å². The predicted octanol–water partition coefficient (Wildman–Crippen LogP) is 3.55. The van der Waals surface area contributed by atoms with Crippen LogP contribution < -0.4 is 10.1 Å². The van der Waals surface area contributed by atoms with E-state index in [1.54, 1.807) is 10.8 Å². The lowest BCUT2D eigenvalue weighted by Crippen LogP contribution is -2.13. The second-order valence-electron chi connectivity index (χ2n) is 5.51. The minimum atomic E-state index is -0.0972.